The van der Waals surface area contributed by atoms with Crippen molar-refractivity contribution >= 4 is 0 Å². The van der Waals surface area contributed by atoms with E-state index in [9.17, 15) is 9.50 Å². The topological polar surface area (TPSA) is 32.7 Å². The molecule has 3 aromatic rings. The first kappa shape index (κ1) is 20.1. The molecule has 1 N–H and O–H groups in total. The van der Waals surface area contributed by atoms with Crippen molar-refractivity contribution in [2.24, 2.45) is 0 Å². The van der Waals surface area contributed by atoms with Gasteiger partial charge in [-0.3, -0.25) is 4.90 Å². The second-order valence-electron chi connectivity index (χ2n) is 7.01. The molecule has 0 amide bonds. The Bertz CT molecular complexity index is 852. The van der Waals surface area contributed by atoms with Crippen molar-refractivity contribution in [1.82, 2.24) is 4.90 Å². The van der Waals surface area contributed by atoms with Gasteiger partial charge in [0.1, 0.15) is 24.3 Å². The zero-order chi connectivity index (χ0) is 19.8. The molecule has 0 heterocycles. The summed E-state index contributed by atoms with van der Waals surface area (Å²) in [6, 6.07) is 24.4. The third-order valence-corrected chi connectivity index (χ3v) is 4.56. The average Bonchev–Trinajstić information content (AvgIpc) is 2.70. The van der Waals surface area contributed by atoms with Gasteiger partial charge in [0.05, 0.1) is 0 Å². The van der Waals surface area contributed by atoms with Gasteiger partial charge in [0.2, 0.25) is 0 Å². The standard InChI is InChI=1S/C24H26FNO2/c1-19-7-5-6-10-24(19)28-18-23(27)17-26(15-20-8-3-2-4-9-20)16-21-11-13-22(25)14-12-21/h2-14,23,27H,15-18H2,1H3. The molecule has 0 aliphatic carbocycles. The summed E-state index contributed by atoms with van der Waals surface area (Å²) in [6.07, 6.45) is -0.635. The van der Waals surface area contributed by atoms with Crippen LogP contribution in [0, 0.1) is 12.7 Å². The molecular formula is C24H26FNO2. The van der Waals surface area contributed by atoms with Gasteiger partial charge in [0.15, 0.2) is 0 Å². The first-order chi connectivity index (χ1) is 13.6. The van der Waals surface area contributed by atoms with E-state index in [0.717, 1.165) is 22.4 Å². The molecule has 0 spiro atoms. The molecule has 0 fully saturated rings. The predicted molar refractivity (Wildman–Crippen MR) is 110 cm³/mol. The van der Waals surface area contributed by atoms with Crippen LogP contribution in [-0.2, 0) is 13.1 Å². The van der Waals surface area contributed by atoms with Crippen molar-refractivity contribution < 1.29 is 14.2 Å². The molecule has 0 aliphatic heterocycles. The number of ether oxygens (including phenoxy) is 1. The number of hydrogen-bond acceptors (Lipinski definition) is 3. The maximum atomic E-state index is 13.2. The lowest BCUT2D eigenvalue weighted by Crippen LogP contribution is -2.35. The maximum Gasteiger partial charge on any atom is 0.123 e. The molecular weight excluding hydrogens is 353 g/mol. The van der Waals surface area contributed by atoms with E-state index in [1.54, 1.807) is 12.1 Å². The van der Waals surface area contributed by atoms with Gasteiger partial charge in [-0.1, -0.05) is 60.7 Å². The Labute approximate surface area is 166 Å². The minimum absolute atomic E-state index is 0.222. The van der Waals surface area contributed by atoms with Crippen LogP contribution >= 0.6 is 0 Å². The Hall–Kier alpha value is -2.69. The van der Waals surface area contributed by atoms with Crippen molar-refractivity contribution in [3.63, 3.8) is 0 Å². The van der Waals surface area contributed by atoms with E-state index in [1.165, 1.54) is 12.1 Å². The Kier molecular flexibility index (Phi) is 7.18. The Morgan fingerprint density at radius 3 is 2.14 bits per heavy atom. The molecule has 0 radical (unpaired) electrons. The molecule has 0 saturated carbocycles. The molecule has 0 aromatic heterocycles. The summed E-state index contributed by atoms with van der Waals surface area (Å²) in [7, 11) is 0. The van der Waals surface area contributed by atoms with E-state index in [4.69, 9.17) is 4.74 Å². The minimum atomic E-state index is -0.635. The Morgan fingerprint density at radius 2 is 1.46 bits per heavy atom. The lowest BCUT2D eigenvalue weighted by molar-refractivity contribution is 0.0626. The number of nitrogens with zero attached hydrogens (tertiary/aromatic N) is 1. The van der Waals surface area contributed by atoms with E-state index in [-0.39, 0.29) is 12.4 Å². The molecule has 3 rings (SSSR count). The largest absolute Gasteiger partial charge is 0.491 e. The fourth-order valence-corrected chi connectivity index (χ4v) is 3.13. The van der Waals surface area contributed by atoms with Crippen molar-refractivity contribution in [2.75, 3.05) is 13.2 Å². The van der Waals surface area contributed by atoms with Crippen molar-refractivity contribution in [3.05, 3.63) is 101 Å². The highest BCUT2D eigenvalue weighted by Gasteiger charge is 2.14. The number of benzene rings is 3. The summed E-state index contributed by atoms with van der Waals surface area (Å²) in [6.45, 7) is 3.98. The molecule has 1 atom stereocenters. The summed E-state index contributed by atoms with van der Waals surface area (Å²) in [5.74, 6) is 0.541. The highest BCUT2D eigenvalue weighted by molar-refractivity contribution is 5.31. The van der Waals surface area contributed by atoms with Crippen molar-refractivity contribution in [2.45, 2.75) is 26.1 Å². The van der Waals surface area contributed by atoms with Crippen LogP contribution in [0.1, 0.15) is 16.7 Å². The van der Waals surface area contributed by atoms with Gasteiger partial charge in [0, 0.05) is 19.6 Å². The first-order valence-electron chi connectivity index (χ1n) is 9.47. The van der Waals surface area contributed by atoms with E-state index in [1.807, 2.05) is 49.4 Å². The van der Waals surface area contributed by atoms with Crippen LogP contribution in [0.2, 0.25) is 0 Å². The molecule has 4 heteroatoms. The molecule has 0 bridgehead atoms. The zero-order valence-corrected chi connectivity index (χ0v) is 16.1. The Morgan fingerprint density at radius 1 is 0.857 bits per heavy atom. The molecule has 0 aliphatic rings. The van der Waals surface area contributed by atoms with Gasteiger partial charge in [-0.05, 0) is 41.8 Å². The number of para-hydroxylation sites is 1. The van der Waals surface area contributed by atoms with Gasteiger partial charge in [-0.25, -0.2) is 4.39 Å². The lowest BCUT2D eigenvalue weighted by Gasteiger charge is -2.25. The highest BCUT2D eigenvalue weighted by Crippen LogP contribution is 2.17. The summed E-state index contributed by atoms with van der Waals surface area (Å²) in [4.78, 5) is 2.15. The highest BCUT2D eigenvalue weighted by atomic mass is 19.1. The lowest BCUT2D eigenvalue weighted by atomic mass is 10.1. The van der Waals surface area contributed by atoms with Crippen LogP contribution < -0.4 is 4.74 Å². The molecule has 3 nitrogen and oxygen atoms in total. The van der Waals surface area contributed by atoms with Gasteiger partial charge in [-0.2, -0.15) is 0 Å². The monoisotopic (exact) mass is 379 g/mol. The molecule has 28 heavy (non-hydrogen) atoms. The molecule has 1 unspecified atom stereocenters. The first-order valence-corrected chi connectivity index (χ1v) is 9.47. The van der Waals surface area contributed by atoms with E-state index in [0.29, 0.717) is 19.6 Å². The summed E-state index contributed by atoms with van der Waals surface area (Å²) in [5, 5.41) is 10.5. The van der Waals surface area contributed by atoms with Crippen LogP contribution in [0.25, 0.3) is 0 Å². The predicted octanol–water partition coefficient (Wildman–Crippen LogP) is 4.58. The van der Waals surface area contributed by atoms with Crippen LogP contribution in [-0.4, -0.2) is 29.3 Å². The summed E-state index contributed by atoms with van der Waals surface area (Å²) >= 11 is 0. The Balaban J connectivity index is 1.63. The molecule has 0 saturated heterocycles. The SMILES string of the molecule is Cc1ccccc1OCC(O)CN(Cc1ccccc1)Cc1ccc(F)cc1. The smallest absolute Gasteiger partial charge is 0.123 e. The molecule has 3 aromatic carbocycles. The van der Waals surface area contributed by atoms with Crippen LogP contribution in [0.3, 0.4) is 0 Å². The number of hydrogen-bond donors (Lipinski definition) is 1. The number of aliphatic hydroxyl groups excluding tert-OH is 1. The fourth-order valence-electron chi connectivity index (χ4n) is 3.13. The van der Waals surface area contributed by atoms with Gasteiger partial charge in [-0.15, -0.1) is 0 Å². The average molecular weight is 379 g/mol. The maximum absolute atomic E-state index is 13.2. The zero-order valence-electron chi connectivity index (χ0n) is 16.1. The van der Waals surface area contributed by atoms with Gasteiger partial charge in [0.25, 0.3) is 0 Å². The summed E-state index contributed by atoms with van der Waals surface area (Å²) in [5.41, 5.74) is 3.21. The third kappa shape index (κ3) is 6.19. The van der Waals surface area contributed by atoms with Gasteiger partial charge < -0.3 is 9.84 Å². The quantitative estimate of drug-likeness (QED) is 0.591. The van der Waals surface area contributed by atoms with Crippen molar-refractivity contribution in [1.29, 1.82) is 0 Å². The molecule has 146 valence electrons. The normalized spacial score (nSPS) is 12.1. The van der Waals surface area contributed by atoms with Crippen LogP contribution in [0.15, 0.2) is 78.9 Å². The number of rotatable bonds is 9. The fraction of sp³-hybridized carbons (Fsp3) is 0.250. The van der Waals surface area contributed by atoms with E-state index in [2.05, 4.69) is 17.0 Å². The van der Waals surface area contributed by atoms with Crippen LogP contribution in [0.4, 0.5) is 4.39 Å². The minimum Gasteiger partial charge on any atom is -0.491 e. The second kappa shape index (κ2) is 10.0. The number of halogens is 1. The number of aryl methyl sites for hydroxylation is 1. The van der Waals surface area contributed by atoms with E-state index >= 15 is 0 Å². The van der Waals surface area contributed by atoms with Gasteiger partial charge >= 0.3 is 0 Å². The van der Waals surface area contributed by atoms with E-state index < -0.39 is 6.10 Å². The third-order valence-electron chi connectivity index (χ3n) is 4.56. The second-order valence-corrected chi connectivity index (χ2v) is 7.01. The number of aliphatic hydroxyl groups is 1. The van der Waals surface area contributed by atoms with Crippen LogP contribution in [0.5, 0.6) is 5.75 Å². The summed E-state index contributed by atoms with van der Waals surface area (Å²) < 4.78 is 19.0. The van der Waals surface area contributed by atoms with Crippen molar-refractivity contribution in [3.8, 4) is 5.75 Å².